The molecular weight excluding hydrogens is 366 g/mol. The summed E-state index contributed by atoms with van der Waals surface area (Å²) in [6.45, 7) is 1.27. The Kier molecular flexibility index (Phi) is 4.90. The number of nitrogens with one attached hydrogen (secondary N) is 1. The molecule has 1 saturated heterocycles. The molecule has 0 bridgehead atoms. The average Bonchev–Trinajstić information content (AvgIpc) is 2.98. The molecule has 2 heterocycles. The van der Waals surface area contributed by atoms with Gasteiger partial charge in [-0.05, 0) is 30.3 Å². The van der Waals surface area contributed by atoms with Gasteiger partial charge in [0.1, 0.15) is 18.4 Å². The number of carbonyl (C=O) groups is 1. The highest BCUT2D eigenvalue weighted by Gasteiger charge is 2.24. The largest absolute Gasteiger partial charge is 0.490 e. The van der Waals surface area contributed by atoms with Crippen LogP contribution in [0.5, 0.6) is 5.75 Å². The molecule has 6 nitrogen and oxygen atoms in total. The number of ether oxygens (including phenoxy) is 1. The fourth-order valence-corrected chi connectivity index (χ4v) is 3.64. The number of para-hydroxylation sites is 2. The summed E-state index contributed by atoms with van der Waals surface area (Å²) in [5.41, 5.74) is 1.22. The number of piperidine rings is 1. The number of hydrogen-bond acceptors (Lipinski definition) is 3. The molecule has 0 saturated carbocycles. The number of hydrogen-bond donors (Lipinski definition) is 1. The molecule has 0 unspecified atom stereocenters. The van der Waals surface area contributed by atoms with E-state index in [1.807, 2.05) is 42.5 Å². The second-order valence-corrected chi connectivity index (χ2v) is 7.13. The van der Waals surface area contributed by atoms with Crippen molar-refractivity contribution in [3.63, 3.8) is 0 Å². The molecule has 1 aliphatic heterocycles. The number of amides is 1. The van der Waals surface area contributed by atoms with E-state index >= 15 is 0 Å². The summed E-state index contributed by atoms with van der Waals surface area (Å²) in [5, 5.41) is 0.643. The maximum atomic E-state index is 12.7. The number of imidazole rings is 1. The first-order chi connectivity index (χ1) is 13.1. The lowest BCUT2D eigenvalue weighted by Gasteiger charge is -2.32. The van der Waals surface area contributed by atoms with Crippen LogP contribution in [0.4, 0.5) is 0 Å². The van der Waals surface area contributed by atoms with Gasteiger partial charge in [0, 0.05) is 31.0 Å². The van der Waals surface area contributed by atoms with E-state index in [1.165, 1.54) is 4.57 Å². The Hall–Kier alpha value is -2.73. The average molecular weight is 386 g/mol. The molecule has 27 heavy (non-hydrogen) atoms. The molecule has 0 atom stereocenters. The van der Waals surface area contributed by atoms with E-state index in [1.54, 1.807) is 11.0 Å². The number of rotatable bonds is 4. The van der Waals surface area contributed by atoms with Gasteiger partial charge in [-0.25, -0.2) is 4.79 Å². The van der Waals surface area contributed by atoms with Crippen LogP contribution in [-0.2, 0) is 11.3 Å². The minimum Gasteiger partial charge on any atom is -0.490 e. The normalized spacial score (nSPS) is 15.2. The predicted molar refractivity (Wildman–Crippen MR) is 104 cm³/mol. The quantitative estimate of drug-likeness (QED) is 0.750. The minimum atomic E-state index is -0.260. The lowest BCUT2D eigenvalue weighted by atomic mass is 10.1. The van der Waals surface area contributed by atoms with Crippen molar-refractivity contribution < 1.29 is 9.53 Å². The van der Waals surface area contributed by atoms with E-state index < -0.39 is 0 Å². The minimum absolute atomic E-state index is 0.0443. The van der Waals surface area contributed by atoms with Crippen LogP contribution in [-0.4, -0.2) is 39.6 Å². The van der Waals surface area contributed by atoms with Crippen LogP contribution in [0.1, 0.15) is 12.8 Å². The van der Waals surface area contributed by atoms with Crippen LogP contribution in [0.3, 0.4) is 0 Å². The zero-order chi connectivity index (χ0) is 18.8. The van der Waals surface area contributed by atoms with Gasteiger partial charge in [0.25, 0.3) is 0 Å². The van der Waals surface area contributed by atoms with Gasteiger partial charge in [-0.3, -0.25) is 9.36 Å². The summed E-state index contributed by atoms with van der Waals surface area (Å²) in [4.78, 5) is 29.4. The van der Waals surface area contributed by atoms with Crippen molar-refractivity contribution in [3.05, 3.63) is 64.0 Å². The molecular formula is C20H20ClN3O3. The Balaban J connectivity index is 1.37. The van der Waals surface area contributed by atoms with Crippen LogP contribution in [0.15, 0.2) is 53.3 Å². The fraction of sp³-hybridized carbons (Fsp3) is 0.300. The molecule has 0 spiro atoms. The van der Waals surface area contributed by atoms with E-state index in [2.05, 4.69) is 4.98 Å². The summed E-state index contributed by atoms with van der Waals surface area (Å²) < 4.78 is 7.46. The number of benzene rings is 2. The number of carbonyl (C=O) groups excluding carboxylic acids is 1. The van der Waals surface area contributed by atoms with Crippen molar-refractivity contribution in [1.29, 1.82) is 0 Å². The molecule has 0 radical (unpaired) electrons. The summed E-state index contributed by atoms with van der Waals surface area (Å²) in [6.07, 6.45) is 1.56. The number of fused-ring (bicyclic) bond motifs is 1. The smallest absolute Gasteiger partial charge is 0.326 e. The van der Waals surface area contributed by atoms with Gasteiger partial charge in [0.2, 0.25) is 5.91 Å². The van der Waals surface area contributed by atoms with Crippen LogP contribution in [0.25, 0.3) is 11.0 Å². The van der Waals surface area contributed by atoms with Crippen LogP contribution >= 0.6 is 11.6 Å². The van der Waals surface area contributed by atoms with Gasteiger partial charge in [-0.1, -0.05) is 29.8 Å². The molecule has 7 heteroatoms. The number of aromatic nitrogens is 2. The number of H-pyrrole nitrogens is 1. The second-order valence-electron chi connectivity index (χ2n) is 6.69. The van der Waals surface area contributed by atoms with Gasteiger partial charge in [0.05, 0.1) is 11.0 Å². The maximum absolute atomic E-state index is 12.7. The van der Waals surface area contributed by atoms with E-state index in [4.69, 9.17) is 16.3 Å². The van der Waals surface area contributed by atoms with E-state index in [0.29, 0.717) is 18.1 Å². The summed E-state index contributed by atoms with van der Waals surface area (Å²) in [6, 6.07) is 14.7. The van der Waals surface area contributed by atoms with Gasteiger partial charge in [0.15, 0.2) is 0 Å². The molecule has 4 rings (SSSR count). The number of nitrogens with zero attached hydrogens (tertiary/aromatic N) is 2. The van der Waals surface area contributed by atoms with Crippen molar-refractivity contribution in [2.75, 3.05) is 13.1 Å². The Morgan fingerprint density at radius 3 is 2.70 bits per heavy atom. The Labute approximate surface area is 161 Å². The Morgan fingerprint density at radius 1 is 1.15 bits per heavy atom. The summed E-state index contributed by atoms with van der Waals surface area (Å²) >= 11 is 5.99. The standard InChI is InChI=1S/C20H20ClN3O3/c21-14-4-3-5-16(12-14)27-15-8-10-23(11-9-15)19(25)13-24-18-7-2-1-6-17(18)22-20(24)26/h1-7,12,15H,8-11,13H2,(H,22,26). The first-order valence-electron chi connectivity index (χ1n) is 8.98. The van der Waals surface area contributed by atoms with Crippen LogP contribution in [0, 0.1) is 0 Å². The van der Waals surface area contributed by atoms with Crippen LogP contribution < -0.4 is 10.4 Å². The monoisotopic (exact) mass is 385 g/mol. The predicted octanol–water partition coefficient (Wildman–Crippen LogP) is 3.05. The van der Waals surface area contributed by atoms with Crippen molar-refractivity contribution >= 4 is 28.5 Å². The molecule has 3 aromatic rings. The topological polar surface area (TPSA) is 67.3 Å². The molecule has 1 amide bonds. The van der Waals surface area contributed by atoms with Crippen molar-refractivity contribution in [3.8, 4) is 5.75 Å². The fourth-order valence-electron chi connectivity index (χ4n) is 3.45. The van der Waals surface area contributed by atoms with Gasteiger partial charge in [-0.15, -0.1) is 0 Å². The zero-order valence-corrected chi connectivity index (χ0v) is 15.5. The third-order valence-corrected chi connectivity index (χ3v) is 5.10. The SMILES string of the molecule is O=C(Cn1c(=O)[nH]c2ccccc21)N1CCC(Oc2cccc(Cl)c2)CC1. The van der Waals surface area contributed by atoms with E-state index in [0.717, 1.165) is 29.6 Å². The van der Waals surface area contributed by atoms with Gasteiger partial charge >= 0.3 is 5.69 Å². The summed E-state index contributed by atoms with van der Waals surface area (Å²) in [7, 11) is 0. The molecule has 140 valence electrons. The molecule has 2 aromatic carbocycles. The second kappa shape index (κ2) is 7.48. The van der Waals surface area contributed by atoms with E-state index in [-0.39, 0.29) is 24.2 Å². The van der Waals surface area contributed by atoms with Gasteiger partial charge in [-0.2, -0.15) is 0 Å². The maximum Gasteiger partial charge on any atom is 0.326 e. The number of halogens is 1. The molecule has 1 N–H and O–H groups in total. The van der Waals surface area contributed by atoms with Crippen molar-refractivity contribution in [1.82, 2.24) is 14.5 Å². The third-order valence-electron chi connectivity index (χ3n) is 4.87. The molecule has 1 aromatic heterocycles. The first-order valence-corrected chi connectivity index (χ1v) is 9.35. The lowest BCUT2D eigenvalue weighted by Crippen LogP contribution is -2.43. The van der Waals surface area contributed by atoms with Crippen molar-refractivity contribution in [2.45, 2.75) is 25.5 Å². The lowest BCUT2D eigenvalue weighted by molar-refractivity contribution is -0.133. The third kappa shape index (κ3) is 3.85. The van der Waals surface area contributed by atoms with Crippen molar-refractivity contribution in [2.24, 2.45) is 0 Å². The Bertz CT molecular complexity index is 1020. The molecule has 0 aliphatic carbocycles. The number of aromatic amines is 1. The highest BCUT2D eigenvalue weighted by atomic mass is 35.5. The van der Waals surface area contributed by atoms with Gasteiger partial charge < -0.3 is 14.6 Å². The first kappa shape index (κ1) is 17.7. The molecule has 1 fully saturated rings. The highest BCUT2D eigenvalue weighted by Crippen LogP contribution is 2.22. The Morgan fingerprint density at radius 2 is 1.93 bits per heavy atom. The number of likely N-dealkylation sites (tertiary alicyclic amines) is 1. The van der Waals surface area contributed by atoms with Crippen LogP contribution in [0.2, 0.25) is 5.02 Å². The van der Waals surface area contributed by atoms with E-state index in [9.17, 15) is 9.59 Å². The molecule has 1 aliphatic rings. The zero-order valence-electron chi connectivity index (χ0n) is 14.7. The summed E-state index contributed by atoms with van der Waals surface area (Å²) in [5.74, 6) is 0.695. The highest BCUT2D eigenvalue weighted by molar-refractivity contribution is 6.30.